The largest absolute Gasteiger partial charge is 0.319 e. The summed E-state index contributed by atoms with van der Waals surface area (Å²) in [6, 6.07) is 3.46. The fourth-order valence-electron chi connectivity index (χ4n) is 1.73. The van der Waals surface area contributed by atoms with Crippen molar-refractivity contribution < 1.29 is 0 Å². The molecule has 0 amide bonds. The van der Waals surface area contributed by atoms with Gasteiger partial charge in [0.05, 0.1) is 20.4 Å². The number of hydrogen-bond donors (Lipinski definition) is 1. The summed E-state index contributed by atoms with van der Waals surface area (Å²) in [5.74, 6) is 0. The minimum absolute atomic E-state index is 0.278. The lowest BCUT2D eigenvalue weighted by molar-refractivity contribution is 0.560. The fourth-order valence-corrected chi connectivity index (χ4v) is 3.28. The molecule has 0 radical (unpaired) electrons. The summed E-state index contributed by atoms with van der Waals surface area (Å²) in [6.07, 6.45) is 2.77. The fraction of sp³-hybridized carbons (Fsp3) is 0.364. The van der Waals surface area contributed by atoms with Crippen molar-refractivity contribution >= 4 is 34.5 Å². The quantitative estimate of drug-likeness (QED) is 0.932. The van der Waals surface area contributed by atoms with Gasteiger partial charge in [-0.15, -0.1) is 11.3 Å². The van der Waals surface area contributed by atoms with Gasteiger partial charge >= 0.3 is 0 Å². The van der Waals surface area contributed by atoms with Crippen LogP contribution in [0.25, 0.3) is 0 Å². The minimum atomic E-state index is -0.278. The maximum atomic E-state index is 6.21. The molecular weight excluding hydrogens is 277 g/mol. The van der Waals surface area contributed by atoms with Crippen molar-refractivity contribution in [2.24, 2.45) is 5.73 Å². The number of halogens is 2. The van der Waals surface area contributed by atoms with Gasteiger partial charge in [-0.2, -0.15) is 5.10 Å². The maximum Gasteiger partial charge on any atom is 0.0995 e. The molecule has 2 heterocycles. The number of nitrogens with zero attached hydrogens (tertiary/aromatic N) is 2. The third kappa shape index (κ3) is 2.65. The van der Waals surface area contributed by atoms with Gasteiger partial charge in [-0.05, 0) is 18.6 Å². The third-order valence-corrected chi connectivity index (χ3v) is 4.04. The molecule has 0 saturated carbocycles. The van der Waals surface area contributed by atoms with E-state index >= 15 is 0 Å². The summed E-state index contributed by atoms with van der Waals surface area (Å²) in [6.45, 7) is 2.96. The van der Waals surface area contributed by atoms with E-state index in [0.717, 1.165) is 24.2 Å². The summed E-state index contributed by atoms with van der Waals surface area (Å²) in [4.78, 5) is 0. The first-order valence-corrected chi connectivity index (χ1v) is 6.92. The number of thiophene rings is 1. The first-order chi connectivity index (χ1) is 8.13. The van der Waals surface area contributed by atoms with Gasteiger partial charge in [-0.3, -0.25) is 4.68 Å². The van der Waals surface area contributed by atoms with E-state index in [9.17, 15) is 0 Å². The highest BCUT2D eigenvalue weighted by atomic mass is 35.5. The molecule has 0 aliphatic rings. The zero-order chi connectivity index (χ0) is 12.4. The smallest absolute Gasteiger partial charge is 0.0995 e. The molecule has 1 atom stereocenters. The molecule has 3 nitrogen and oxygen atoms in total. The highest BCUT2D eigenvalue weighted by molar-refractivity contribution is 7.20. The Bertz CT molecular complexity index is 507. The monoisotopic (exact) mass is 289 g/mol. The van der Waals surface area contributed by atoms with E-state index in [0.29, 0.717) is 8.67 Å². The van der Waals surface area contributed by atoms with E-state index < -0.39 is 0 Å². The van der Waals surface area contributed by atoms with Crippen molar-refractivity contribution in [1.82, 2.24) is 9.78 Å². The molecule has 2 aromatic rings. The van der Waals surface area contributed by atoms with Crippen molar-refractivity contribution in [3.63, 3.8) is 0 Å². The summed E-state index contributed by atoms with van der Waals surface area (Å²) in [5.41, 5.74) is 8.03. The molecular formula is C11H13Cl2N3S. The van der Waals surface area contributed by atoms with E-state index in [1.165, 1.54) is 11.3 Å². The van der Waals surface area contributed by atoms with Gasteiger partial charge in [0.1, 0.15) is 0 Å². The topological polar surface area (TPSA) is 43.8 Å². The van der Waals surface area contributed by atoms with Crippen molar-refractivity contribution in [2.75, 3.05) is 0 Å². The summed E-state index contributed by atoms with van der Waals surface area (Å²) >= 11 is 13.4. The van der Waals surface area contributed by atoms with Crippen LogP contribution in [0, 0.1) is 0 Å². The predicted molar refractivity (Wildman–Crippen MR) is 72.9 cm³/mol. The van der Waals surface area contributed by atoms with Crippen LogP contribution in [0.3, 0.4) is 0 Å². The van der Waals surface area contributed by atoms with Crippen LogP contribution in [0.1, 0.15) is 30.6 Å². The minimum Gasteiger partial charge on any atom is -0.319 e. The van der Waals surface area contributed by atoms with E-state index in [2.05, 4.69) is 12.0 Å². The Kier molecular flexibility index (Phi) is 4.09. The van der Waals surface area contributed by atoms with Crippen LogP contribution in [-0.2, 0) is 6.54 Å². The van der Waals surface area contributed by atoms with Crippen LogP contribution in [0.5, 0.6) is 0 Å². The Morgan fingerprint density at radius 1 is 1.53 bits per heavy atom. The number of rotatable bonds is 4. The first-order valence-electron chi connectivity index (χ1n) is 5.35. The van der Waals surface area contributed by atoms with E-state index in [1.807, 2.05) is 16.8 Å². The van der Waals surface area contributed by atoms with Crippen molar-refractivity contribution in [3.05, 3.63) is 38.3 Å². The molecule has 1 unspecified atom stereocenters. The lowest BCUT2D eigenvalue weighted by Gasteiger charge is -2.13. The molecule has 2 aromatic heterocycles. The summed E-state index contributed by atoms with van der Waals surface area (Å²) < 4.78 is 3.21. The molecule has 0 spiro atoms. The van der Waals surface area contributed by atoms with E-state index in [1.54, 1.807) is 6.20 Å². The highest BCUT2D eigenvalue weighted by Crippen LogP contribution is 2.36. The van der Waals surface area contributed by atoms with Gasteiger partial charge in [-0.25, -0.2) is 0 Å². The van der Waals surface area contributed by atoms with Gasteiger partial charge in [0, 0.05) is 18.3 Å². The molecule has 0 aliphatic heterocycles. The maximum absolute atomic E-state index is 6.21. The molecule has 92 valence electrons. The van der Waals surface area contributed by atoms with Crippen LogP contribution in [0.4, 0.5) is 0 Å². The molecule has 2 rings (SSSR count). The highest BCUT2D eigenvalue weighted by Gasteiger charge is 2.18. The average Bonchev–Trinajstić information content (AvgIpc) is 2.85. The molecule has 17 heavy (non-hydrogen) atoms. The Balaban J connectivity index is 2.33. The van der Waals surface area contributed by atoms with Crippen LogP contribution >= 0.6 is 34.5 Å². The van der Waals surface area contributed by atoms with Gasteiger partial charge in [0.25, 0.3) is 0 Å². The first kappa shape index (κ1) is 12.9. The number of aryl methyl sites for hydroxylation is 1. The Morgan fingerprint density at radius 3 is 2.88 bits per heavy atom. The number of aromatic nitrogens is 2. The lowest BCUT2D eigenvalue weighted by atomic mass is 10.1. The normalized spacial score (nSPS) is 12.9. The third-order valence-electron chi connectivity index (χ3n) is 2.52. The number of nitrogens with two attached hydrogens (primary N) is 1. The molecule has 0 bridgehead atoms. The predicted octanol–water partition coefficient (Wildman–Crippen LogP) is 3.71. The van der Waals surface area contributed by atoms with Crippen molar-refractivity contribution in [2.45, 2.75) is 25.9 Å². The van der Waals surface area contributed by atoms with Crippen molar-refractivity contribution in [1.29, 1.82) is 0 Å². The molecule has 0 fully saturated rings. The van der Waals surface area contributed by atoms with Crippen LogP contribution in [0.15, 0.2) is 18.3 Å². The van der Waals surface area contributed by atoms with Crippen molar-refractivity contribution in [3.8, 4) is 0 Å². The molecule has 6 heteroatoms. The molecule has 0 aliphatic carbocycles. The van der Waals surface area contributed by atoms with Crippen LogP contribution in [0.2, 0.25) is 8.67 Å². The van der Waals surface area contributed by atoms with Gasteiger partial charge in [0.15, 0.2) is 0 Å². The Hall–Kier alpha value is -0.550. The number of hydrogen-bond acceptors (Lipinski definition) is 3. The molecule has 2 N–H and O–H groups in total. The van der Waals surface area contributed by atoms with Crippen LogP contribution < -0.4 is 5.73 Å². The Labute approximate surface area is 114 Å². The standard InChI is InChI=1S/C11H13Cl2N3S/c1-2-5-16-8(3-4-15-16)10(14)7-6-9(12)17-11(7)13/h3-4,6,10H,2,5,14H2,1H3. The lowest BCUT2D eigenvalue weighted by Crippen LogP contribution is -2.17. The van der Waals surface area contributed by atoms with Gasteiger partial charge in [0.2, 0.25) is 0 Å². The van der Waals surface area contributed by atoms with Gasteiger partial charge in [-0.1, -0.05) is 30.1 Å². The van der Waals surface area contributed by atoms with E-state index in [4.69, 9.17) is 28.9 Å². The van der Waals surface area contributed by atoms with E-state index in [-0.39, 0.29) is 6.04 Å². The summed E-state index contributed by atoms with van der Waals surface area (Å²) in [5, 5.41) is 4.25. The zero-order valence-electron chi connectivity index (χ0n) is 9.36. The second-order valence-corrected chi connectivity index (χ2v) is 6.02. The second-order valence-electron chi connectivity index (χ2n) is 3.74. The summed E-state index contributed by atoms with van der Waals surface area (Å²) in [7, 11) is 0. The van der Waals surface area contributed by atoms with Gasteiger partial charge < -0.3 is 5.73 Å². The molecule has 0 aromatic carbocycles. The molecule has 0 saturated heterocycles. The Morgan fingerprint density at radius 2 is 2.29 bits per heavy atom. The average molecular weight is 290 g/mol. The van der Waals surface area contributed by atoms with Crippen LogP contribution in [-0.4, -0.2) is 9.78 Å². The zero-order valence-corrected chi connectivity index (χ0v) is 11.7. The SMILES string of the molecule is CCCn1nccc1C(N)c1cc(Cl)sc1Cl. The second kappa shape index (κ2) is 5.40.